The summed E-state index contributed by atoms with van der Waals surface area (Å²) in [5.74, 6) is -0.589. The molecule has 1 spiro atoms. The number of sulfonamides is 1. The minimum absolute atomic E-state index is 0.0340. The SMILES string of the molecule is Cc1ccc(NC(=O)c2ccc3c(c2)C2(CCS(=O)(=O)CC2)C(C2CC2)N3S(=O)(=O)c2ccc(F)cc2)nc1. The number of rotatable bonds is 5. The van der Waals surface area contributed by atoms with Crippen LogP contribution in [-0.2, 0) is 25.3 Å². The summed E-state index contributed by atoms with van der Waals surface area (Å²) in [6, 6.07) is 12.7. The first-order valence-corrected chi connectivity index (χ1v) is 16.2. The van der Waals surface area contributed by atoms with E-state index in [2.05, 4.69) is 10.3 Å². The molecule has 1 saturated heterocycles. The maximum atomic E-state index is 14.1. The van der Waals surface area contributed by atoms with Crippen LogP contribution in [-0.4, -0.2) is 45.3 Å². The highest BCUT2D eigenvalue weighted by Crippen LogP contribution is 2.59. The van der Waals surface area contributed by atoms with Crippen molar-refractivity contribution in [2.45, 2.75) is 49.0 Å². The third-order valence-corrected chi connectivity index (χ3v) is 11.6. The molecule has 1 N–H and O–H groups in total. The van der Waals surface area contributed by atoms with E-state index >= 15 is 0 Å². The Morgan fingerprint density at radius 3 is 2.36 bits per heavy atom. The van der Waals surface area contributed by atoms with Crippen molar-refractivity contribution in [3.63, 3.8) is 0 Å². The van der Waals surface area contributed by atoms with Gasteiger partial charge < -0.3 is 5.32 Å². The zero-order chi connectivity index (χ0) is 27.6. The largest absolute Gasteiger partial charge is 0.307 e. The highest BCUT2D eigenvalue weighted by Gasteiger charge is 2.60. The number of hydrogen-bond donors (Lipinski definition) is 1. The lowest BCUT2D eigenvalue weighted by Crippen LogP contribution is -2.52. The number of sulfone groups is 1. The molecule has 6 rings (SSSR count). The molecular formula is C28H28FN3O5S2. The molecule has 39 heavy (non-hydrogen) atoms. The van der Waals surface area contributed by atoms with E-state index in [1.807, 2.05) is 13.0 Å². The second kappa shape index (κ2) is 9.12. The van der Waals surface area contributed by atoms with Crippen LogP contribution in [0.3, 0.4) is 0 Å². The quantitative estimate of drug-likeness (QED) is 0.493. The van der Waals surface area contributed by atoms with Gasteiger partial charge in [0.15, 0.2) is 0 Å². The molecule has 204 valence electrons. The van der Waals surface area contributed by atoms with Gasteiger partial charge >= 0.3 is 0 Å². The maximum Gasteiger partial charge on any atom is 0.264 e. The number of fused-ring (bicyclic) bond motifs is 2. The van der Waals surface area contributed by atoms with Gasteiger partial charge in [0.2, 0.25) is 0 Å². The van der Waals surface area contributed by atoms with Gasteiger partial charge in [-0.1, -0.05) is 6.07 Å². The molecule has 0 radical (unpaired) electrons. The van der Waals surface area contributed by atoms with Crippen LogP contribution in [0.1, 0.15) is 47.2 Å². The van der Waals surface area contributed by atoms with Gasteiger partial charge in [-0.15, -0.1) is 0 Å². The summed E-state index contributed by atoms with van der Waals surface area (Å²) in [6.45, 7) is 1.89. The highest BCUT2D eigenvalue weighted by molar-refractivity contribution is 7.93. The van der Waals surface area contributed by atoms with E-state index in [1.165, 1.54) is 16.4 Å². The molecule has 3 heterocycles. The summed E-state index contributed by atoms with van der Waals surface area (Å²) in [5, 5.41) is 2.79. The fourth-order valence-electron chi connectivity index (χ4n) is 6.05. The summed E-state index contributed by atoms with van der Waals surface area (Å²) in [6.07, 6.45) is 3.84. The van der Waals surface area contributed by atoms with E-state index in [0.29, 0.717) is 22.6 Å². The Balaban J connectivity index is 1.47. The van der Waals surface area contributed by atoms with Crippen LogP contribution in [0.2, 0.25) is 0 Å². The molecule has 8 nitrogen and oxygen atoms in total. The molecule has 1 amide bonds. The molecule has 3 aliphatic rings. The Bertz CT molecular complexity index is 1660. The van der Waals surface area contributed by atoms with Crippen LogP contribution in [0.4, 0.5) is 15.9 Å². The molecular weight excluding hydrogens is 541 g/mol. The van der Waals surface area contributed by atoms with E-state index < -0.39 is 43.0 Å². The normalized spacial score (nSPS) is 21.5. The van der Waals surface area contributed by atoms with E-state index in [1.54, 1.807) is 30.5 Å². The van der Waals surface area contributed by atoms with Gasteiger partial charge in [-0.2, -0.15) is 0 Å². The minimum Gasteiger partial charge on any atom is -0.307 e. The van der Waals surface area contributed by atoms with Crippen molar-refractivity contribution in [2.75, 3.05) is 21.1 Å². The van der Waals surface area contributed by atoms with E-state index in [-0.39, 0.29) is 35.2 Å². The summed E-state index contributed by atoms with van der Waals surface area (Å²) >= 11 is 0. The minimum atomic E-state index is -4.11. The molecule has 1 atom stereocenters. The van der Waals surface area contributed by atoms with Gasteiger partial charge in [0, 0.05) is 17.2 Å². The lowest BCUT2D eigenvalue weighted by atomic mass is 9.70. The standard InChI is InChI=1S/C28H28FN3O5S2/c1-18-2-11-25(30-17-18)31-27(33)20-5-10-24-23(16-20)28(12-14-38(34,35)15-13-28)26(19-3-4-19)32(24)39(36,37)22-8-6-21(29)7-9-22/h2,5-11,16-17,19,26H,3-4,12-15H2,1H3,(H,30,31,33). The summed E-state index contributed by atoms with van der Waals surface area (Å²) in [7, 11) is -7.36. The molecule has 2 aliphatic heterocycles. The molecule has 2 aromatic carbocycles. The Morgan fingerprint density at radius 2 is 1.74 bits per heavy atom. The predicted octanol–water partition coefficient (Wildman–Crippen LogP) is 4.22. The first-order chi connectivity index (χ1) is 18.5. The molecule has 1 aliphatic carbocycles. The smallest absolute Gasteiger partial charge is 0.264 e. The van der Waals surface area contributed by atoms with Gasteiger partial charge in [0.1, 0.15) is 21.5 Å². The molecule has 2 fully saturated rings. The average molecular weight is 570 g/mol. The van der Waals surface area contributed by atoms with Crippen molar-refractivity contribution < 1.29 is 26.0 Å². The topological polar surface area (TPSA) is 114 Å². The van der Waals surface area contributed by atoms with E-state index in [9.17, 15) is 26.0 Å². The fourth-order valence-corrected chi connectivity index (χ4v) is 9.41. The average Bonchev–Trinajstić information content (AvgIpc) is 3.70. The predicted molar refractivity (Wildman–Crippen MR) is 146 cm³/mol. The number of hydrogen-bond acceptors (Lipinski definition) is 6. The monoisotopic (exact) mass is 569 g/mol. The number of carbonyl (C=O) groups is 1. The van der Waals surface area contributed by atoms with Gasteiger partial charge in [-0.05, 0) is 98.2 Å². The second-order valence-electron chi connectivity index (χ2n) is 10.8. The Kier molecular flexibility index (Phi) is 6.07. The van der Waals surface area contributed by atoms with Crippen LogP contribution < -0.4 is 9.62 Å². The van der Waals surface area contributed by atoms with Crippen molar-refractivity contribution in [2.24, 2.45) is 5.92 Å². The number of nitrogens with one attached hydrogen (secondary N) is 1. The Hall–Kier alpha value is -3.31. The zero-order valence-electron chi connectivity index (χ0n) is 21.3. The number of halogens is 1. The van der Waals surface area contributed by atoms with Gasteiger partial charge in [-0.25, -0.2) is 26.2 Å². The molecule has 1 aromatic heterocycles. The van der Waals surface area contributed by atoms with Crippen LogP contribution in [0.25, 0.3) is 0 Å². The zero-order valence-corrected chi connectivity index (χ0v) is 22.9. The molecule has 0 bridgehead atoms. The molecule has 1 saturated carbocycles. The third kappa shape index (κ3) is 4.51. The fraction of sp³-hybridized carbons (Fsp3) is 0.357. The van der Waals surface area contributed by atoms with Gasteiger partial charge in [0.05, 0.1) is 28.1 Å². The number of pyridine rings is 1. The van der Waals surface area contributed by atoms with Crippen molar-refractivity contribution in [1.82, 2.24) is 4.98 Å². The lowest BCUT2D eigenvalue weighted by molar-refractivity contribution is 0.102. The molecule has 1 unspecified atom stereocenters. The van der Waals surface area contributed by atoms with Crippen LogP contribution in [0.5, 0.6) is 0 Å². The summed E-state index contributed by atoms with van der Waals surface area (Å²) in [4.78, 5) is 17.4. The highest BCUT2D eigenvalue weighted by atomic mass is 32.2. The maximum absolute atomic E-state index is 14.1. The first-order valence-electron chi connectivity index (χ1n) is 12.9. The van der Waals surface area contributed by atoms with Crippen molar-refractivity contribution in [3.05, 3.63) is 83.3 Å². The summed E-state index contributed by atoms with van der Waals surface area (Å²) in [5.41, 5.74) is 1.64. The van der Waals surface area contributed by atoms with E-state index in [4.69, 9.17) is 0 Å². The number of benzene rings is 2. The second-order valence-corrected chi connectivity index (χ2v) is 14.9. The van der Waals surface area contributed by atoms with Crippen LogP contribution in [0.15, 0.2) is 65.7 Å². The number of aryl methyl sites for hydroxylation is 1. The van der Waals surface area contributed by atoms with Crippen molar-refractivity contribution in [1.29, 1.82) is 0 Å². The molecule has 11 heteroatoms. The number of amides is 1. The lowest BCUT2D eigenvalue weighted by Gasteiger charge is -2.41. The van der Waals surface area contributed by atoms with Crippen LogP contribution >= 0.6 is 0 Å². The number of carbonyl (C=O) groups excluding carboxylic acids is 1. The third-order valence-electron chi connectivity index (χ3n) is 8.16. The Morgan fingerprint density at radius 1 is 1.05 bits per heavy atom. The Labute approximate surface area is 227 Å². The van der Waals surface area contributed by atoms with Gasteiger partial charge in [0.25, 0.3) is 15.9 Å². The number of anilines is 2. The first kappa shape index (κ1) is 25.9. The van der Waals surface area contributed by atoms with E-state index in [0.717, 1.165) is 30.5 Å². The van der Waals surface area contributed by atoms with Crippen molar-refractivity contribution in [3.8, 4) is 0 Å². The van der Waals surface area contributed by atoms with Crippen molar-refractivity contribution >= 4 is 37.3 Å². The summed E-state index contributed by atoms with van der Waals surface area (Å²) < 4.78 is 68.2. The van der Waals surface area contributed by atoms with Crippen LogP contribution in [0, 0.1) is 18.7 Å². The molecule has 3 aromatic rings. The van der Waals surface area contributed by atoms with Gasteiger partial charge in [-0.3, -0.25) is 9.10 Å². The number of aromatic nitrogens is 1. The number of nitrogens with zero attached hydrogens (tertiary/aromatic N) is 2.